The molecule has 12 rings (SSSR count). The zero-order chi connectivity index (χ0) is 11.4. The second kappa shape index (κ2) is 2.09. The molecule has 12 saturated carbocycles. The first kappa shape index (κ1) is 10.2. The van der Waals surface area contributed by atoms with E-state index in [9.17, 15) is 0 Å². The molecular weight excluding hydrogens is 350 g/mol. The van der Waals surface area contributed by atoms with Crippen LogP contribution in [0.5, 0.6) is 0 Å². The summed E-state index contributed by atoms with van der Waals surface area (Å²) in [4.78, 5) is 0. The molecule has 4 bridgehead atoms. The van der Waals surface area contributed by atoms with Crippen LogP contribution in [0.15, 0.2) is 0 Å². The molecule has 12 aliphatic rings. The zero-order valence-corrected chi connectivity index (χ0v) is 13.9. The smallest absolute Gasteiger partial charge is 0.304 e. The first-order valence-electron chi connectivity index (χ1n) is 8.88. The van der Waals surface area contributed by atoms with E-state index in [1.54, 1.807) is 12.8 Å². The topological polar surface area (TPSA) is 0 Å². The van der Waals surface area contributed by atoms with Crippen LogP contribution >= 0.6 is 22.6 Å². The molecule has 0 radical (unpaired) electrons. The summed E-state index contributed by atoms with van der Waals surface area (Å²) >= 11 is 3.07. The fourth-order valence-electron chi connectivity index (χ4n) is 12.5. The summed E-state index contributed by atoms with van der Waals surface area (Å²) in [5.41, 5.74) is 1.91. The van der Waals surface area contributed by atoms with Gasteiger partial charge in [0.05, 0.1) is 0 Å². The third-order valence-corrected chi connectivity index (χ3v) is 13.8. The van der Waals surface area contributed by atoms with E-state index in [0.717, 1.165) is 14.3 Å². The minimum Gasteiger partial charge on any atom is -0.304 e. The summed E-state index contributed by atoms with van der Waals surface area (Å²) in [5.74, 6) is 17.3. The van der Waals surface area contributed by atoms with Gasteiger partial charge in [-0.15, -0.1) is 5.41 Å². The van der Waals surface area contributed by atoms with E-state index in [1.807, 2.05) is 0 Å². The summed E-state index contributed by atoms with van der Waals surface area (Å²) < 4.78 is 0.881. The van der Waals surface area contributed by atoms with Gasteiger partial charge in [-0.05, 0) is 47.3 Å². The minimum absolute atomic E-state index is 0. The number of hydrogen-bond acceptors (Lipinski definition) is 0. The fraction of sp³-hybridized carbons (Fsp3) is 0.944. The third-order valence-electron chi connectivity index (χ3n) is 11.5. The Morgan fingerprint density at radius 1 is 0.750 bits per heavy atom. The van der Waals surface area contributed by atoms with Crippen LogP contribution in [0.4, 0.5) is 0 Å². The van der Waals surface area contributed by atoms with Crippen LogP contribution in [-0.2, 0) is 0 Å². The first-order chi connectivity index (χ1) is 9.32. The normalized spacial score (nSPS) is 98.8. The third kappa shape index (κ3) is 0.472. The van der Waals surface area contributed by atoms with Crippen molar-refractivity contribution >= 4 is 22.6 Å². The van der Waals surface area contributed by atoms with Crippen LogP contribution in [0.2, 0.25) is 0 Å². The van der Waals surface area contributed by atoms with Gasteiger partial charge in [-0.1, -0.05) is 52.7 Å². The first-order valence-corrected chi connectivity index (χ1v) is 9.96. The van der Waals surface area contributed by atoms with Crippen molar-refractivity contribution in [3.63, 3.8) is 0 Å². The Hall–Kier alpha value is 1.33. The summed E-state index contributed by atoms with van der Waals surface area (Å²) in [6.07, 6.45) is 3.38. The molecule has 3 unspecified atom stereocenters. The molecule has 12 aliphatic carbocycles. The molecule has 0 spiro atoms. The molecule has 20 heavy (non-hydrogen) atoms. The van der Waals surface area contributed by atoms with Crippen LogP contribution in [0.1, 0.15) is 12.8 Å². The Morgan fingerprint density at radius 3 is 1.70 bits per heavy atom. The molecule has 96 valence electrons. The van der Waals surface area contributed by atoms with Gasteiger partial charge in [-0.25, -0.2) is 0 Å². The van der Waals surface area contributed by atoms with E-state index >= 15 is 0 Å². The predicted molar refractivity (Wildman–Crippen MR) is 76.0 cm³/mol. The van der Waals surface area contributed by atoms with Gasteiger partial charge >= 0.3 is 18.9 Å². The maximum atomic E-state index is 3.07. The van der Waals surface area contributed by atoms with E-state index in [4.69, 9.17) is 0 Å². The molecule has 0 aromatic carbocycles. The van der Waals surface area contributed by atoms with Crippen molar-refractivity contribution < 1.29 is 18.9 Å². The average Bonchev–Trinajstić information content (AvgIpc) is 3.31. The molecule has 0 aromatic heterocycles. The van der Waals surface area contributed by atoms with E-state index < -0.39 is 0 Å². The van der Waals surface area contributed by atoms with Crippen molar-refractivity contribution in [2.45, 2.75) is 16.3 Å². The fourth-order valence-corrected chi connectivity index (χ4v) is 15.2. The largest absolute Gasteiger partial charge is 1.00 e. The van der Waals surface area contributed by atoms with Crippen molar-refractivity contribution in [1.82, 2.24) is 0 Å². The summed E-state index contributed by atoms with van der Waals surface area (Å²) in [5, 5.41) is 0. The Morgan fingerprint density at radius 2 is 1.30 bits per heavy atom. The number of alkyl halides is 1. The molecule has 0 amide bonds. The minimum atomic E-state index is 0. The van der Waals surface area contributed by atoms with Gasteiger partial charge in [0.15, 0.2) is 0 Å². The summed E-state index contributed by atoms with van der Waals surface area (Å²) in [6.45, 7) is 0. The van der Waals surface area contributed by atoms with Gasteiger partial charge in [-0.2, -0.15) is 11.8 Å². The molecular formula is C18H16ILi. The monoisotopic (exact) mass is 366 g/mol. The van der Waals surface area contributed by atoms with Gasteiger partial charge in [0.25, 0.3) is 0 Å². The maximum Gasteiger partial charge on any atom is 1.00 e. The Balaban J connectivity index is 0.000000784. The summed E-state index contributed by atoms with van der Waals surface area (Å²) in [6, 6.07) is 0. The van der Waals surface area contributed by atoms with Crippen molar-refractivity contribution in [3.8, 4) is 0 Å². The summed E-state index contributed by atoms with van der Waals surface area (Å²) in [7, 11) is 0. The van der Waals surface area contributed by atoms with Crippen molar-refractivity contribution in [2.75, 3.05) is 0 Å². The average molecular weight is 366 g/mol. The number of rotatable bonds is 1. The maximum absolute atomic E-state index is 3.07. The van der Waals surface area contributed by atoms with E-state index in [2.05, 4.69) is 28.5 Å². The van der Waals surface area contributed by atoms with Crippen LogP contribution in [0.25, 0.3) is 0 Å². The van der Waals surface area contributed by atoms with Crippen LogP contribution in [-0.4, -0.2) is 3.42 Å². The van der Waals surface area contributed by atoms with Crippen LogP contribution < -0.4 is 18.9 Å². The van der Waals surface area contributed by atoms with Gasteiger partial charge < -0.3 is 5.92 Å². The Kier molecular flexibility index (Phi) is 1.07. The van der Waals surface area contributed by atoms with Gasteiger partial charge in [-0.3, -0.25) is 0 Å². The molecule has 0 aliphatic heterocycles. The van der Waals surface area contributed by atoms with Crippen LogP contribution in [0.3, 0.4) is 0 Å². The Labute approximate surface area is 144 Å². The van der Waals surface area contributed by atoms with E-state index in [0.29, 0.717) is 0 Å². The van der Waals surface area contributed by atoms with Gasteiger partial charge in [0, 0.05) is 3.42 Å². The second-order valence-electron chi connectivity index (χ2n) is 10.3. The standard InChI is InChI=1S/C18H16I.Li/c19-18-13-5-2-6(14(13)18)12-11(5)17(12,18)16-9-3-1-4(10(9)16)8-7(3)15(8)16;/h3-14H,1-2H2;/q-1;+1/t3-,4+,5-,6+,7-,8-,9+,10+,11+,12+,13-,14-,16?,17?,18?;/m1./s1. The van der Waals surface area contributed by atoms with Gasteiger partial charge in [0.2, 0.25) is 0 Å². The quantitative estimate of drug-likeness (QED) is 0.266. The number of halogens is 1. The van der Waals surface area contributed by atoms with Crippen molar-refractivity contribution in [3.05, 3.63) is 5.92 Å². The molecule has 0 aromatic rings. The molecule has 15 atom stereocenters. The van der Waals surface area contributed by atoms with Crippen molar-refractivity contribution in [1.29, 1.82) is 0 Å². The molecule has 12 fully saturated rings. The SMILES string of the molecule is IC12[C@@H]3[C@H]4C[C@@H]([C@H]31)[C@H]1[C@H]4C12C12[C-]3[C@@H]4[C@H]5C[C@@H]([C@@H]34)[C@H]1[C@H]52.[Li+]. The number of hydrogen-bond donors (Lipinski definition) is 0. The molecule has 0 nitrogen and oxygen atoms in total. The molecule has 0 N–H and O–H groups in total. The zero-order valence-electron chi connectivity index (χ0n) is 11.7. The van der Waals surface area contributed by atoms with Crippen LogP contribution in [0, 0.1) is 87.8 Å². The Bertz CT molecular complexity index is 646. The molecule has 0 saturated heterocycles. The molecule has 0 heterocycles. The second-order valence-corrected chi connectivity index (χ2v) is 12.1. The van der Waals surface area contributed by atoms with E-state index in [-0.39, 0.29) is 18.9 Å². The predicted octanol–water partition coefficient (Wildman–Crippen LogP) is 0.0221. The van der Waals surface area contributed by atoms with Crippen molar-refractivity contribution in [2.24, 2.45) is 81.8 Å². The molecule has 2 heteroatoms. The van der Waals surface area contributed by atoms with Gasteiger partial charge in [0.1, 0.15) is 0 Å². The van der Waals surface area contributed by atoms with E-state index in [1.165, 1.54) is 71.0 Å².